The molecule has 1 aliphatic heterocycles. The van der Waals surface area contributed by atoms with E-state index in [-0.39, 0.29) is 11.8 Å². The van der Waals surface area contributed by atoms with E-state index in [0.717, 1.165) is 74.0 Å². The van der Waals surface area contributed by atoms with Gasteiger partial charge in [-0.25, -0.2) is 0 Å². The molecule has 4 nitrogen and oxygen atoms in total. The van der Waals surface area contributed by atoms with Crippen LogP contribution in [0, 0.1) is 5.92 Å². The summed E-state index contributed by atoms with van der Waals surface area (Å²) in [7, 11) is 0. The molecule has 1 heterocycles. The Kier molecular flexibility index (Phi) is 7.76. The molecule has 4 rings (SSSR count). The monoisotopic (exact) mass is 460 g/mol. The summed E-state index contributed by atoms with van der Waals surface area (Å²) in [5, 5.41) is 4.82. The minimum atomic E-state index is 0.0803. The minimum absolute atomic E-state index is 0.0803. The summed E-state index contributed by atoms with van der Waals surface area (Å²) in [6, 6.07) is 13.8. The van der Waals surface area contributed by atoms with Gasteiger partial charge in [0.25, 0.3) is 0 Å². The van der Waals surface area contributed by atoms with Gasteiger partial charge in [0, 0.05) is 41.6 Å². The van der Waals surface area contributed by atoms with Crippen molar-refractivity contribution in [2.24, 2.45) is 5.92 Å². The number of amides is 1. The standard InChI is InChI=1S/C25H30Cl2N2O2/c26-21-6-8-24(9-7-21)31-15-1-12-29-13-10-23(11-14-29)28-25(30)20-3-2-19-17-22(27)5-4-18(19)16-20/h4-9,17,20,23H,1-3,10-16H2,(H,28,30). The summed E-state index contributed by atoms with van der Waals surface area (Å²) >= 11 is 12.0. The fourth-order valence-electron chi connectivity index (χ4n) is 4.58. The minimum Gasteiger partial charge on any atom is -0.494 e. The van der Waals surface area contributed by atoms with Gasteiger partial charge in [-0.2, -0.15) is 0 Å². The summed E-state index contributed by atoms with van der Waals surface area (Å²) in [6.45, 7) is 3.78. The van der Waals surface area contributed by atoms with Crippen LogP contribution in [-0.2, 0) is 17.6 Å². The molecule has 31 heavy (non-hydrogen) atoms. The highest BCUT2D eigenvalue weighted by Gasteiger charge is 2.27. The number of nitrogens with zero attached hydrogens (tertiary/aromatic N) is 1. The zero-order chi connectivity index (χ0) is 21.6. The average Bonchev–Trinajstić information content (AvgIpc) is 2.78. The van der Waals surface area contributed by atoms with E-state index in [9.17, 15) is 4.79 Å². The van der Waals surface area contributed by atoms with Crippen LogP contribution in [0.5, 0.6) is 5.75 Å². The molecular weight excluding hydrogens is 431 g/mol. The maximum atomic E-state index is 12.8. The molecule has 0 aromatic heterocycles. The predicted molar refractivity (Wildman–Crippen MR) is 126 cm³/mol. The number of ether oxygens (including phenoxy) is 1. The van der Waals surface area contributed by atoms with E-state index in [2.05, 4.69) is 16.3 Å². The number of hydrogen-bond donors (Lipinski definition) is 1. The predicted octanol–water partition coefficient (Wildman–Crippen LogP) is 5.15. The van der Waals surface area contributed by atoms with E-state index in [1.165, 1.54) is 11.1 Å². The van der Waals surface area contributed by atoms with Crippen molar-refractivity contribution in [3.8, 4) is 5.75 Å². The molecule has 1 fully saturated rings. The van der Waals surface area contributed by atoms with Crippen molar-refractivity contribution < 1.29 is 9.53 Å². The quantitative estimate of drug-likeness (QED) is 0.580. The van der Waals surface area contributed by atoms with Gasteiger partial charge in [-0.1, -0.05) is 29.3 Å². The molecule has 0 bridgehead atoms. The first-order valence-corrected chi connectivity index (χ1v) is 12.0. The van der Waals surface area contributed by atoms with Crippen LogP contribution >= 0.6 is 23.2 Å². The molecule has 0 spiro atoms. The van der Waals surface area contributed by atoms with Gasteiger partial charge < -0.3 is 15.0 Å². The van der Waals surface area contributed by atoms with Gasteiger partial charge >= 0.3 is 0 Å². The average molecular weight is 461 g/mol. The van der Waals surface area contributed by atoms with Crippen molar-refractivity contribution in [2.75, 3.05) is 26.2 Å². The first-order chi connectivity index (χ1) is 15.1. The summed E-state index contributed by atoms with van der Waals surface area (Å²) in [6.07, 6.45) is 5.69. The van der Waals surface area contributed by atoms with E-state index in [4.69, 9.17) is 27.9 Å². The number of piperidine rings is 1. The fourth-order valence-corrected chi connectivity index (χ4v) is 4.90. The Morgan fingerprint density at radius 2 is 1.74 bits per heavy atom. The molecule has 1 unspecified atom stereocenters. The number of likely N-dealkylation sites (tertiary alicyclic amines) is 1. The second kappa shape index (κ2) is 10.7. The van der Waals surface area contributed by atoms with Gasteiger partial charge in [-0.3, -0.25) is 4.79 Å². The van der Waals surface area contributed by atoms with E-state index >= 15 is 0 Å². The van der Waals surface area contributed by atoms with Crippen molar-refractivity contribution in [2.45, 2.75) is 44.6 Å². The van der Waals surface area contributed by atoms with Gasteiger partial charge in [0.15, 0.2) is 0 Å². The number of carbonyl (C=O) groups is 1. The highest BCUT2D eigenvalue weighted by Crippen LogP contribution is 2.28. The molecule has 166 valence electrons. The lowest BCUT2D eigenvalue weighted by Crippen LogP contribution is -2.47. The second-order valence-corrected chi connectivity index (χ2v) is 9.51. The third-order valence-corrected chi connectivity index (χ3v) is 6.89. The molecular formula is C25H30Cl2N2O2. The number of fused-ring (bicyclic) bond motifs is 1. The van der Waals surface area contributed by atoms with Crippen LogP contribution in [0.25, 0.3) is 0 Å². The smallest absolute Gasteiger partial charge is 0.223 e. The van der Waals surface area contributed by atoms with Crippen LogP contribution in [0.2, 0.25) is 10.0 Å². The summed E-state index contributed by atoms with van der Waals surface area (Å²) < 4.78 is 5.77. The lowest BCUT2D eigenvalue weighted by Gasteiger charge is -2.33. The van der Waals surface area contributed by atoms with Crippen molar-refractivity contribution >= 4 is 29.1 Å². The maximum absolute atomic E-state index is 12.8. The van der Waals surface area contributed by atoms with Gasteiger partial charge in [-0.15, -0.1) is 0 Å². The normalized spacial score (nSPS) is 19.6. The van der Waals surface area contributed by atoms with Gasteiger partial charge in [0.2, 0.25) is 5.91 Å². The third kappa shape index (κ3) is 6.38. The fraction of sp³-hybridized carbons (Fsp3) is 0.480. The number of aryl methyl sites for hydroxylation is 1. The van der Waals surface area contributed by atoms with E-state index in [0.29, 0.717) is 12.6 Å². The molecule has 0 saturated carbocycles. The summed E-state index contributed by atoms with van der Waals surface area (Å²) in [5.74, 6) is 1.16. The maximum Gasteiger partial charge on any atom is 0.223 e. The van der Waals surface area contributed by atoms with Crippen molar-refractivity contribution in [3.63, 3.8) is 0 Å². The highest BCUT2D eigenvalue weighted by molar-refractivity contribution is 6.30. The number of benzene rings is 2. The van der Waals surface area contributed by atoms with Crippen molar-refractivity contribution in [1.29, 1.82) is 0 Å². The van der Waals surface area contributed by atoms with Crippen molar-refractivity contribution in [3.05, 3.63) is 63.6 Å². The number of nitrogens with one attached hydrogen (secondary N) is 1. The Labute approximate surface area is 194 Å². The Morgan fingerprint density at radius 3 is 2.52 bits per heavy atom. The van der Waals surface area contributed by atoms with Gasteiger partial charge in [0.05, 0.1) is 6.61 Å². The molecule has 1 N–H and O–H groups in total. The zero-order valence-corrected chi connectivity index (χ0v) is 19.3. The van der Waals surface area contributed by atoms with Crippen LogP contribution in [0.1, 0.15) is 36.8 Å². The van der Waals surface area contributed by atoms with Crippen LogP contribution < -0.4 is 10.1 Å². The number of halogens is 2. The topological polar surface area (TPSA) is 41.6 Å². The number of carbonyl (C=O) groups excluding carboxylic acids is 1. The third-order valence-electron chi connectivity index (χ3n) is 6.40. The van der Waals surface area contributed by atoms with Gasteiger partial charge in [-0.05, 0) is 86.1 Å². The molecule has 2 aromatic rings. The van der Waals surface area contributed by atoms with Crippen molar-refractivity contribution in [1.82, 2.24) is 10.2 Å². The Morgan fingerprint density at radius 1 is 1.00 bits per heavy atom. The molecule has 2 aliphatic rings. The van der Waals surface area contributed by atoms with Crippen LogP contribution in [0.15, 0.2) is 42.5 Å². The van der Waals surface area contributed by atoms with E-state index in [1.54, 1.807) is 0 Å². The molecule has 1 aliphatic carbocycles. The van der Waals surface area contributed by atoms with Crippen LogP contribution in [0.3, 0.4) is 0 Å². The van der Waals surface area contributed by atoms with E-state index in [1.807, 2.05) is 36.4 Å². The highest BCUT2D eigenvalue weighted by atomic mass is 35.5. The zero-order valence-electron chi connectivity index (χ0n) is 17.8. The molecule has 1 saturated heterocycles. The Hall–Kier alpha value is -1.75. The Balaban J connectivity index is 1.13. The molecule has 0 radical (unpaired) electrons. The number of rotatable bonds is 7. The summed E-state index contributed by atoms with van der Waals surface area (Å²) in [4.78, 5) is 15.3. The molecule has 2 aromatic carbocycles. The summed E-state index contributed by atoms with van der Waals surface area (Å²) in [5.41, 5.74) is 2.57. The number of hydrogen-bond acceptors (Lipinski definition) is 3. The lowest BCUT2D eigenvalue weighted by atomic mass is 9.83. The molecule has 6 heteroatoms. The molecule has 1 atom stereocenters. The second-order valence-electron chi connectivity index (χ2n) is 8.63. The Bertz CT molecular complexity index is 880. The first kappa shape index (κ1) is 22.4. The molecule has 1 amide bonds. The lowest BCUT2D eigenvalue weighted by molar-refractivity contribution is -0.126. The SMILES string of the molecule is O=C(NC1CCN(CCCOc2ccc(Cl)cc2)CC1)C1CCc2cc(Cl)ccc2C1. The van der Waals surface area contributed by atoms with Crippen LogP contribution in [0.4, 0.5) is 0 Å². The van der Waals surface area contributed by atoms with Crippen LogP contribution in [-0.4, -0.2) is 43.1 Å². The largest absolute Gasteiger partial charge is 0.494 e. The van der Waals surface area contributed by atoms with Gasteiger partial charge in [0.1, 0.15) is 5.75 Å². The van der Waals surface area contributed by atoms with E-state index < -0.39 is 0 Å². The first-order valence-electron chi connectivity index (χ1n) is 11.3.